The number of nitrogens with zero attached hydrogens (tertiary/aromatic N) is 2. The lowest BCUT2D eigenvalue weighted by molar-refractivity contribution is -0.166. The zero-order valence-electron chi connectivity index (χ0n) is 13.5. The molecule has 3 nitrogen and oxygen atoms in total. The molecule has 0 spiro atoms. The van der Waals surface area contributed by atoms with Crippen LogP contribution in [0.4, 0.5) is 13.2 Å². The van der Waals surface area contributed by atoms with Gasteiger partial charge >= 0.3 is 11.8 Å². The van der Waals surface area contributed by atoms with Gasteiger partial charge in [-0.1, -0.05) is 45.0 Å². The number of hydrogen-bond acceptors (Lipinski definition) is 3. The van der Waals surface area contributed by atoms with E-state index in [1.54, 1.807) is 12.1 Å². The van der Waals surface area contributed by atoms with Gasteiger partial charge in [0, 0.05) is 5.56 Å². The van der Waals surface area contributed by atoms with Crippen LogP contribution in [0.2, 0.25) is 18.1 Å². The SMILES string of the molecule is CC(C)(C)[Si](C)(C)OCc1ccc(C2(C(F)(F)F)N=N2)cc1. The first-order chi connectivity index (χ1) is 9.89. The monoisotopic (exact) mass is 330 g/mol. The highest BCUT2D eigenvalue weighted by atomic mass is 28.4. The Morgan fingerprint density at radius 1 is 1.05 bits per heavy atom. The second-order valence-corrected chi connectivity index (χ2v) is 11.9. The molecule has 2 rings (SSSR count). The van der Waals surface area contributed by atoms with Crippen molar-refractivity contribution in [2.45, 2.75) is 57.3 Å². The minimum absolute atomic E-state index is 0.0519. The lowest BCUT2D eigenvalue weighted by atomic mass is 10.0. The van der Waals surface area contributed by atoms with Gasteiger partial charge in [-0.3, -0.25) is 0 Å². The molecule has 1 aromatic rings. The molecule has 7 heteroatoms. The fraction of sp³-hybridized carbons (Fsp3) is 0.600. The third kappa shape index (κ3) is 3.10. The molecule has 1 heterocycles. The van der Waals surface area contributed by atoms with E-state index in [1.807, 2.05) is 0 Å². The molecule has 0 radical (unpaired) electrons. The van der Waals surface area contributed by atoms with Crippen molar-refractivity contribution in [3.63, 3.8) is 0 Å². The Morgan fingerprint density at radius 3 is 1.91 bits per heavy atom. The van der Waals surface area contributed by atoms with Gasteiger partial charge in [0.2, 0.25) is 0 Å². The smallest absolute Gasteiger partial charge is 0.413 e. The van der Waals surface area contributed by atoms with Crippen LogP contribution in [0.3, 0.4) is 0 Å². The van der Waals surface area contributed by atoms with Gasteiger partial charge in [0.25, 0.3) is 0 Å². The molecule has 1 aromatic carbocycles. The quantitative estimate of drug-likeness (QED) is 0.682. The predicted octanol–water partition coefficient (Wildman–Crippen LogP) is 5.39. The molecule has 0 atom stereocenters. The second-order valence-electron chi connectivity index (χ2n) is 7.12. The standard InChI is InChI=1S/C15H21F3N2OSi/c1-13(2,3)22(4,5)21-10-11-6-8-12(9-7-11)14(19-20-14)15(16,17)18/h6-9H,10H2,1-5H3. The molecule has 0 unspecified atom stereocenters. The van der Waals surface area contributed by atoms with Gasteiger partial charge in [-0.25, -0.2) is 0 Å². The molecule has 0 saturated heterocycles. The first-order valence-electron chi connectivity index (χ1n) is 7.13. The van der Waals surface area contributed by atoms with E-state index >= 15 is 0 Å². The molecule has 0 N–H and O–H groups in total. The second kappa shape index (κ2) is 5.16. The van der Waals surface area contributed by atoms with Gasteiger partial charge in [-0.15, -0.1) is 10.2 Å². The van der Waals surface area contributed by atoms with Crippen LogP contribution in [0.1, 0.15) is 31.9 Å². The van der Waals surface area contributed by atoms with E-state index in [9.17, 15) is 13.2 Å². The molecular formula is C15H21F3N2OSi. The molecule has 0 amide bonds. The van der Waals surface area contributed by atoms with Crippen molar-refractivity contribution in [1.82, 2.24) is 0 Å². The van der Waals surface area contributed by atoms with Crippen LogP contribution in [-0.4, -0.2) is 14.5 Å². The summed E-state index contributed by atoms with van der Waals surface area (Å²) in [6.45, 7) is 11.1. The molecule has 1 aliphatic rings. The third-order valence-corrected chi connectivity index (χ3v) is 8.94. The average molecular weight is 330 g/mol. The maximum absolute atomic E-state index is 12.9. The summed E-state index contributed by atoms with van der Waals surface area (Å²) in [5.74, 6) is 0. The number of benzene rings is 1. The van der Waals surface area contributed by atoms with Crippen molar-refractivity contribution in [2.24, 2.45) is 10.2 Å². The molecule has 0 saturated carbocycles. The fourth-order valence-electron chi connectivity index (χ4n) is 1.76. The lowest BCUT2D eigenvalue weighted by Gasteiger charge is -2.36. The predicted molar refractivity (Wildman–Crippen MR) is 81.0 cm³/mol. The van der Waals surface area contributed by atoms with Crippen molar-refractivity contribution < 1.29 is 17.6 Å². The molecular weight excluding hydrogens is 309 g/mol. The van der Waals surface area contributed by atoms with Gasteiger partial charge in [0.05, 0.1) is 6.61 Å². The Balaban J connectivity index is 2.05. The first kappa shape index (κ1) is 17.1. The minimum Gasteiger partial charge on any atom is -0.413 e. The highest BCUT2D eigenvalue weighted by molar-refractivity contribution is 6.74. The maximum atomic E-state index is 12.9. The minimum atomic E-state index is -4.48. The summed E-state index contributed by atoms with van der Waals surface area (Å²) in [6, 6.07) is 6.16. The number of hydrogen-bond donors (Lipinski definition) is 0. The molecule has 0 aliphatic carbocycles. The van der Waals surface area contributed by atoms with Crippen LogP contribution in [0.5, 0.6) is 0 Å². The number of alkyl halides is 3. The molecule has 122 valence electrons. The van der Waals surface area contributed by atoms with E-state index in [4.69, 9.17) is 4.43 Å². The van der Waals surface area contributed by atoms with E-state index in [-0.39, 0.29) is 10.6 Å². The van der Waals surface area contributed by atoms with Gasteiger partial charge in [-0.05, 0) is 23.7 Å². The Bertz CT molecular complexity index is 568. The Labute approximate surface area is 129 Å². The Morgan fingerprint density at radius 2 is 1.55 bits per heavy atom. The van der Waals surface area contributed by atoms with Crippen LogP contribution in [0.15, 0.2) is 34.5 Å². The molecule has 22 heavy (non-hydrogen) atoms. The van der Waals surface area contributed by atoms with Gasteiger partial charge < -0.3 is 4.43 Å². The number of rotatable bonds is 4. The topological polar surface area (TPSA) is 34.0 Å². The van der Waals surface area contributed by atoms with Crippen molar-refractivity contribution in [1.29, 1.82) is 0 Å². The Hall–Kier alpha value is -1.21. The van der Waals surface area contributed by atoms with Crippen LogP contribution in [0, 0.1) is 0 Å². The van der Waals surface area contributed by atoms with E-state index in [0.29, 0.717) is 6.61 Å². The van der Waals surface area contributed by atoms with Gasteiger partial charge in [0.1, 0.15) is 0 Å². The lowest BCUT2D eigenvalue weighted by Crippen LogP contribution is -2.40. The van der Waals surface area contributed by atoms with Crippen LogP contribution in [0.25, 0.3) is 0 Å². The summed E-state index contributed by atoms with van der Waals surface area (Å²) in [4.78, 5) is 0. The molecule has 0 fully saturated rings. The largest absolute Gasteiger partial charge is 0.442 e. The van der Waals surface area contributed by atoms with Gasteiger partial charge in [0.15, 0.2) is 8.32 Å². The van der Waals surface area contributed by atoms with E-state index in [1.165, 1.54) is 12.1 Å². The van der Waals surface area contributed by atoms with Crippen molar-refractivity contribution in [3.8, 4) is 0 Å². The van der Waals surface area contributed by atoms with Crippen LogP contribution < -0.4 is 0 Å². The third-order valence-electron chi connectivity index (χ3n) is 4.46. The summed E-state index contributed by atoms with van der Waals surface area (Å²) >= 11 is 0. The normalized spacial score (nSPS) is 17.6. The van der Waals surface area contributed by atoms with Crippen molar-refractivity contribution in [3.05, 3.63) is 35.4 Å². The summed E-state index contributed by atoms with van der Waals surface area (Å²) in [6.07, 6.45) is -4.48. The van der Waals surface area contributed by atoms with E-state index in [2.05, 4.69) is 44.1 Å². The summed E-state index contributed by atoms with van der Waals surface area (Å²) < 4.78 is 44.8. The summed E-state index contributed by atoms with van der Waals surface area (Å²) in [5, 5.41) is 6.49. The molecule has 0 aromatic heterocycles. The average Bonchev–Trinajstić information content (AvgIpc) is 3.16. The van der Waals surface area contributed by atoms with E-state index < -0.39 is 20.2 Å². The fourth-order valence-corrected chi connectivity index (χ4v) is 2.72. The van der Waals surface area contributed by atoms with Crippen LogP contribution >= 0.6 is 0 Å². The molecule has 0 bridgehead atoms. The van der Waals surface area contributed by atoms with E-state index in [0.717, 1.165) is 5.56 Å². The highest BCUT2D eigenvalue weighted by Crippen LogP contribution is 2.52. The van der Waals surface area contributed by atoms with Crippen molar-refractivity contribution in [2.75, 3.05) is 0 Å². The van der Waals surface area contributed by atoms with Gasteiger partial charge in [-0.2, -0.15) is 13.2 Å². The van der Waals surface area contributed by atoms with Crippen molar-refractivity contribution >= 4 is 8.32 Å². The number of halogens is 3. The Kier molecular flexibility index (Phi) is 4.02. The summed E-state index contributed by atoms with van der Waals surface area (Å²) in [7, 11) is -1.87. The zero-order chi connectivity index (χ0) is 16.8. The van der Waals surface area contributed by atoms with Crippen LogP contribution in [-0.2, 0) is 16.7 Å². The maximum Gasteiger partial charge on any atom is 0.442 e. The highest BCUT2D eigenvalue weighted by Gasteiger charge is 2.65. The first-order valence-corrected chi connectivity index (χ1v) is 10.0. The zero-order valence-corrected chi connectivity index (χ0v) is 14.5. The molecule has 1 aliphatic heterocycles. The summed E-state index contributed by atoms with van der Waals surface area (Å²) in [5.41, 5.74) is -1.44.